The fraction of sp³-hybridized carbons (Fsp3) is 0.667. The standard InChI is InChI=1S/C6H8O2S/c1-2-4-5(7)3-9-6(4)8/h4H,2-3H2,1H3. The number of rotatable bonds is 1. The van der Waals surface area contributed by atoms with Crippen LogP contribution in [0.3, 0.4) is 0 Å². The van der Waals surface area contributed by atoms with E-state index in [1.807, 2.05) is 6.92 Å². The van der Waals surface area contributed by atoms with Gasteiger partial charge < -0.3 is 0 Å². The molecule has 9 heavy (non-hydrogen) atoms. The van der Waals surface area contributed by atoms with Gasteiger partial charge in [-0.25, -0.2) is 0 Å². The Kier molecular flexibility index (Phi) is 1.90. The molecule has 0 N–H and O–H groups in total. The van der Waals surface area contributed by atoms with Gasteiger partial charge in [-0.05, 0) is 6.42 Å². The molecule has 2 nitrogen and oxygen atoms in total. The summed E-state index contributed by atoms with van der Waals surface area (Å²) < 4.78 is 0. The van der Waals surface area contributed by atoms with Crippen LogP contribution in [-0.2, 0) is 9.59 Å². The Morgan fingerprint density at radius 3 is 2.56 bits per heavy atom. The molecule has 3 heteroatoms. The molecule has 1 atom stereocenters. The molecule has 0 spiro atoms. The van der Waals surface area contributed by atoms with Crippen molar-refractivity contribution in [2.75, 3.05) is 5.75 Å². The van der Waals surface area contributed by atoms with Gasteiger partial charge in [0.2, 0.25) is 0 Å². The molecule has 0 aromatic carbocycles. The molecular weight excluding hydrogens is 136 g/mol. The third-order valence-corrected chi connectivity index (χ3v) is 2.44. The second kappa shape index (κ2) is 2.52. The van der Waals surface area contributed by atoms with Crippen LogP contribution >= 0.6 is 11.8 Å². The van der Waals surface area contributed by atoms with E-state index in [2.05, 4.69) is 0 Å². The molecule has 0 aromatic heterocycles. The number of hydrogen-bond donors (Lipinski definition) is 0. The first-order chi connectivity index (χ1) is 4.25. The third-order valence-electron chi connectivity index (χ3n) is 1.44. The summed E-state index contributed by atoms with van der Waals surface area (Å²) in [6, 6.07) is 0. The largest absolute Gasteiger partial charge is 0.298 e. The van der Waals surface area contributed by atoms with Crippen LogP contribution in [0.5, 0.6) is 0 Å². The molecule has 0 aliphatic carbocycles. The highest BCUT2D eigenvalue weighted by Gasteiger charge is 2.31. The van der Waals surface area contributed by atoms with Gasteiger partial charge in [-0.2, -0.15) is 0 Å². The number of Topliss-reactive ketones (excluding diaryl/α,β-unsaturated/α-hetero) is 1. The van der Waals surface area contributed by atoms with Crippen LogP contribution in [0, 0.1) is 5.92 Å². The van der Waals surface area contributed by atoms with Gasteiger partial charge in [0, 0.05) is 0 Å². The molecule has 0 amide bonds. The van der Waals surface area contributed by atoms with Crippen LogP contribution in [0.25, 0.3) is 0 Å². The van der Waals surface area contributed by atoms with E-state index in [9.17, 15) is 9.59 Å². The topological polar surface area (TPSA) is 34.1 Å². The summed E-state index contributed by atoms with van der Waals surface area (Å²) in [6.07, 6.45) is 0.671. The summed E-state index contributed by atoms with van der Waals surface area (Å²) in [5.41, 5.74) is 0. The molecule has 1 heterocycles. The highest BCUT2D eigenvalue weighted by atomic mass is 32.2. The zero-order valence-electron chi connectivity index (χ0n) is 5.22. The third kappa shape index (κ3) is 1.15. The number of carbonyl (C=O) groups is 2. The molecule has 1 saturated heterocycles. The molecule has 50 valence electrons. The highest BCUT2D eigenvalue weighted by Crippen LogP contribution is 2.24. The van der Waals surface area contributed by atoms with Crippen LogP contribution in [0.4, 0.5) is 0 Å². The monoisotopic (exact) mass is 144 g/mol. The average molecular weight is 144 g/mol. The van der Waals surface area contributed by atoms with Crippen molar-refractivity contribution in [3.05, 3.63) is 0 Å². The fourth-order valence-corrected chi connectivity index (χ4v) is 1.85. The normalized spacial score (nSPS) is 27.4. The Hall–Kier alpha value is -0.310. The first-order valence-electron chi connectivity index (χ1n) is 2.95. The molecule has 1 aliphatic rings. The molecule has 1 aliphatic heterocycles. The SMILES string of the molecule is CCC1C(=O)CSC1=O. The van der Waals surface area contributed by atoms with Gasteiger partial charge in [0.1, 0.15) is 0 Å². The summed E-state index contributed by atoms with van der Waals surface area (Å²) in [4.78, 5) is 21.5. The van der Waals surface area contributed by atoms with Crippen LogP contribution in [0.15, 0.2) is 0 Å². The Bertz CT molecular complexity index is 137. The van der Waals surface area contributed by atoms with E-state index < -0.39 is 0 Å². The summed E-state index contributed by atoms with van der Waals surface area (Å²) in [7, 11) is 0. The van der Waals surface area contributed by atoms with E-state index in [1.54, 1.807) is 0 Å². The predicted octanol–water partition coefficient (Wildman–Crippen LogP) is 0.855. The summed E-state index contributed by atoms with van der Waals surface area (Å²) in [5, 5.41) is 0.0579. The van der Waals surface area contributed by atoms with Crippen LogP contribution in [0.2, 0.25) is 0 Å². The maximum Gasteiger partial charge on any atom is 0.199 e. The first kappa shape index (κ1) is 6.81. The predicted molar refractivity (Wildman–Crippen MR) is 36.3 cm³/mol. The number of thioether (sulfide) groups is 1. The van der Waals surface area contributed by atoms with Crippen molar-refractivity contribution >= 4 is 22.7 Å². The number of carbonyl (C=O) groups excluding carboxylic acids is 2. The zero-order valence-corrected chi connectivity index (χ0v) is 6.03. The van der Waals surface area contributed by atoms with Gasteiger partial charge in [-0.1, -0.05) is 18.7 Å². The molecule has 1 rings (SSSR count). The molecule has 0 aromatic rings. The lowest BCUT2D eigenvalue weighted by Crippen LogP contribution is -2.12. The van der Waals surface area contributed by atoms with Gasteiger partial charge in [-0.15, -0.1) is 0 Å². The Morgan fingerprint density at radius 2 is 2.33 bits per heavy atom. The molecule has 1 fully saturated rings. The van der Waals surface area contributed by atoms with Crippen LogP contribution in [-0.4, -0.2) is 16.7 Å². The first-order valence-corrected chi connectivity index (χ1v) is 3.93. The van der Waals surface area contributed by atoms with Gasteiger partial charge in [-0.3, -0.25) is 9.59 Å². The van der Waals surface area contributed by atoms with Crippen molar-refractivity contribution < 1.29 is 9.59 Å². The van der Waals surface area contributed by atoms with Crippen molar-refractivity contribution in [1.82, 2.24) is 0 Å². The lowest BCUT2D eigenvalue weighted by Gasteiger charge is -1.96. The van der Waals surface area contributed by atoms with Gasteiger partial charge in [0.15, 0.2) is 10.9 Å². The van der Waals surface area contributed by atoms with E-state index in [0.717, 1.165) is 11.8 Å². The number of hydrogen-bond acceptors (Lipinski definition) is 3. The zero-order chi connectivity index (χ0) is 6.85. The fourth-order valence-electron chi connectivity index (χ4n) is 0.869. The summed E-state index contributed by atoms with van der Waals surface area (Å²) in [6.45, 7) is 1.87. The van der Waals surface area contributed by atoms with E-state index in [0.29, 0.717) is 12.2 Å². The smallest absolute Gasteiger partial charge is 0.199 e. The molecular formula is C6H8O2S. The minimum Gasteiger partial charge on any atom is -0.298 e. The van der Waals surface area contributed by atoms with Crippen LogP contribution in [0.1, 0.15) is 13.3 Å². The molecule has 0 radical (unpaired) electrons. The molecule has 0 bridgehead atoms. The second-order valence-electron chi connectivity index (χ2n) is 2.03. The van der Waals surface area contributed by atoms with Crippen LogP contribution < -0.4 is 0 Å². The van der Waals surface area contributed by atoms with Gasteiger partial charge in [0.25, 0.3) is 0 Å². The summed E-state index contributed by atoms with van der Waals surface area (Å²) >= 11 is 1.15. The maximum atomic E-state index is 10.8. The van der Waals surface area contributed by atoms with Gasteiger partial charge in [0.05, 0.1) is 11.7 Å². The van der Waals surface area contributed by atoms with Gasteiger partial charge >= 0.3 is 0 Å². The Balaban J connectivity index is 2.66. The highest BCUT2D eigenvalue weighted by molar-refractivity contribution is 8.15. The summed E-state index contributed by atoms with van der Waals surface area (Å²) in [5.74, 6) is 0.222. The van der Waals surface area contributed by atoms with Crippen molar-refractivity contribution in [2.24, 2.45) is 5.92 Å². The van der Waals surface area contributed by atoms with Crippen molar-refractivity contribution in [1.29, 1.82) is 0 Å². The van der Waals surface area contributed by atoms with E-state index in [-0.39, 0.29) is 16.8 Å². The van der Waals surface area contributed by atoms with Crippen molar-refractivity contribution in [3.63, 3.8) is 0 Å². The Labute approximate surface area is 58.0 Å². The van der Waals surface area contributed by atoms with E-state index in [1.165, 1.54) is 0 Å². The lowest BCUT2D eigenvalue weighted by atomic mass is 10.1. The van der Waals surface area contributed by atoms with E-state index in [4.69, 9.17) is 0 Å². The average Bonchev–Trinajstić information content (AvgIpc) is 2.12. The minimum absolute atomic E-state index is 0.0579. The molecule has 1 unspecified atom stereocenters. The quantitative estimate of drug-likeness (QED) is 0.512. The van der Waals surface area contributed by atoms with E-state index >= 15 is 0 Å². The second-order valence-corrected chi connectivity index (χ2v) is 3.01. The Morgan fingerprint density at radius 1 is 1.67 bits per heavy atom. The minimum atomic E-state index is -0.282. The molecule has 0 saturated carbocycles. The number of ketones is 1. The van der Waals surface area contributed by atoms with Crippen molar-refractivity contribution in [3.8, 4) is 0 Å². The van der Waals surface area contributed by atoms with Crippen molar-refractivity contribution in [2.45, 2.75) is 13.3 Å². The maximum absolute atomic E-state index is 10.8. The lowest BCUT2D eigenvalue weighted by molar-refractivity contribution is -0.125.